The van der Waals surface area contributed by atoms with E-state index in [9.17, 15) is 29.4 Å². The van der Waals surface area contributed by atoms with Crippen molar-refractivity contribution in [3.63, 3.8) is 0 Å². The summed E-state index contributed by atoms with van der Waals surface area (Å²) in [5.74, 6) is -1.96. The van der Waals surface area contributed by atoms with Crippen LogP contribution in [0.3, 0.4) is 0 Å². The molecule has 3 unspecified atom stereocenters. The van der Waals surface area contributed by atoms with Crippen LogP contribution in [0.5, 0.6) is 5.88 Å². The average Bonchev–Trinajstić information content (AvgIpc) is 3.01. The number of aromatic nitrogens is 3. The summed E-state index contributed by atoms with van der Waals surface area (Å²) in [6, 6.07) is 10.3. The van der Waals surface area contributed by atoms with Crippen LogP contribution in [0.1, 0.15) is 34.1 Å². The molecule has 0 saturated carbocycles. The van der Waals surface area contributed by atoms with Gasteiger partial charge < -0.3 is 24.8 Å². The summed E-state index contributed by atoms with van der Waals surface area (Å²) in [6.45, 7) is 0.648. The highest BCUT2D eigenvalue weighted by atomic mass is 35.5. The highest BCUT2D eigenvalue weighted by Gasteiger charge is 2.45. The zero-order valence-electron chi connectivity index (χ0n) is 24.3. The number of nitrogens with zero attached hydrogens (tertiary/aromatic N) is 3. The standard InChI is InChI=1S/C30H31Cl2N5O7/c1-29(16-38,27(41)42)33-14-17-11-12-22(34-25(17)44-4)30(35-24(39)20-15-36(2)28(43)37(3)26(20)40)13-7-9-19(23(30)32)18-8-5-6-10-21(18)31/h5-13,15,23,33,38H,14,16H2,1-4H3,(H,35,39)(H,41,42). The molecular weight excluding hydrogens is 613 g/mol. The second kappa shape index (κ2) is 12.8. The third kappa shape index (κ3) is 5.93. The van der Waals surface area contributed by atoms with E-state index in [1.54, 1.807) is 54.6 Å². The monoisotopic (exact) mass is 643 g/mol. The Bertz CT molecular complexity index is 1800. The van der Waals surface area contributed by atoms with Crippen molar-refractivity contribution in [1.29, 1.82) is 0 Å². The molecule has 232 valence electrons. The number of carbonyl (C=O) groups excluding carboxylic acids is 1. The van der Waals surface area contributed by atoms with Crippen LogP contribution >= 0.6 is 23.2 Å². The van der Waals surface area contributed by atoms with E-state index in [4.69, 9.17) is 27.9 Å². The molecule has 44 heavy (non-hydrogen) atoms. The molecule has 1 aliphatic carbocycles. The molecule has 4 rings (SSSR count). The van der Waals surface area contributed by atoms with Gasteiger partial charge in [0, 0.05) is 37.4 Å². The molecule has 1 aliphatic rings. The number of alkyl halides is 1. The number of aryl methyl sites for hydroxylation is 1. The lowest BCUT2D eigenvalue weighted by Crippen LogP contribution is -2.54. The molecule has 1 aromatic carbocycles. The Morgan fingerprint density at radius 3 is 2.52 bits per heavy atom. The van der Waals surface area contributed by atoms with Gasteiger partial charge in [-0.2, -0.15) is 0 Å². The summed E-state index contributed by atoms with van der Waals surface area (Å²) in [5.41, 5.74) is -3.04. The second-order valence-electron chi connectivity index (χ2n) is 10.5. The Morgan fingerprint density at radius 1 is 1.18 bits per heavy atom. The van der Waals surface area contributed by atoms with Crippen molar-refractivity contribution in [3.8, 4) is 5.88 Å². The fraction of sp³-hybridized carbons (Fsp3) is 0.300. The number of rotatable bonds is 10. The first kappa shape index (κ1) is 32.7. The third-order valence-corrected chi connectivity index (χ3v) is 8.43. The number of aliphatic hydroxyl groups is 1. The quantitative estimate of drug-likeness (QED) is 0.242. The van der Waals surface area contributed by atoms with Gasteiger partial charge in [0.25, 0.3) is 11.5 Å². The maximum atomic E-state index is 13.8. The molecule has 3 atom stereocenters. The topological polar surface area (TPSA) is 165 Å². The smallest absolute Gasteiger partial charge is 0.330 e. The lowest BCUT2D eigenvalue weighted by Gasteiger charge is -2.39. The Balaban J connectivity index is 1.85. The number of hydrogen-bond donors (Lipinski definition) is 4. The van der Waals surface area contributed by atoms with Crippen molar-refractivity contribution in [1.82, 2.24) is 24.8 Å². The van der Waals surface area contributed by atoms with Crippen molar-refractivity contribution in [2.24, 2.45) is 14.1 Å². The second-order valence-corrected chi connectivity index (χ2v) is 11.3. The summed E-state index contributed by atoms with van der Waals surface area (Å²) < 4.78 is 7.48. The molecule has 0 bridgehead atoms. The number of carbonyl (C=O) groups is 2. The molecule has 0 saturated heterocycles. The number of halogens is 2. The Hall–Kier alpha value is -4.23. The number of hydrogen-bond acceptors (Lipinski definition) is 8. The number of amides is 1. The number of carboxylic acid groups (broad SMARTS) is 1. The number of aliphatic carboxylic acids is 1. The van der Waals surface area contributed by atoms with Crippen molar-refractivity contribution >= 4 is 40.7 Å². The number of benzene rings is 1. The van der Waals surface area contributed by atoms with Crippen molar-refractivity contribution in [2.75, 3.05) is 13.7 Å². The molecule has 14 heteroatoms. The Kier molecular flexibility index (Phi) is 9.50. The lowest BCUT2D eigenvalue weighted by molar-refractivity contribution is -0.145. The summed E-state index contributed by atoms with van der Waals surface area (Å²) in [7, 11) is 4.07. The normalized spacial score (nSPS) is 19.2. The van der Waals surface area contributed by atoms with Crippen LogP contribution < -0.4 is 26.6 Å². The summed E-state index contributed by atoms with van der Waals surface area (Å²) in [5, 5.41) is 24.2. The van der Waals surface area contributed by atoms with Gasteiger partial charge in [0.1, 0.15) is 16.6 Å². The molecule has 2 aromatic heterocycles. The molecule has 2 heterocycles. The number of pyridine rings is 1. The van der Waals surface area contributed by atoms with Gasteiger partial charge >= 0.3 is 11.7 Å². The molecule has 3 aromatic rings. The molecule has 1 amide bonds. The first-order valence-electron chi connectivity index (χ1n) is 13.3. The predicted molar refractivity (Wildman–Crippen MR) is 165 cm³/mol. The van der Waals surface area contributed by atoms with Crippen LogP contribution in [0.25, 0.3) is 5.57 Å². The number of ether oxygens (including phenoxy) is 1. The molecular formula is C30H31Cl2N5O7. The van der Waals surface area contributed by atoms with E-state index < -0.39 is 46.2 Å². The van der Waals surface area contributed by atoms with E-state index in [0.717, 1.165) is 15.3 Å². The number of aliphatic hydroxyl groups excluding tert-OH is 1. The van der Waals surface area contributed by atoms with Crippen LogP contribution in [-0.2, 0) is 31.0 Å². The lowest BCUT2D eigenvalue weighted by atomic mass is 9.80. The van der Waals surface area contributed by atoms with E-state index in [1.807, 2.05) is 0 Å². The Morgan fingerprint density at radius 2 is 1.89 bits per heavy atom. The fourth-order valence-corrected chi connectivity index (χ4v) is 5.42. The van der Waals surface area contributed by atoms with Crippen LogP contribution in [-0.4, -0.2) is 60.8 Å². The van der Waals surface area contributed by atoms with E-state index in [2.05, 4.69) is 15.6 Å². The highest BCUT2D eigenvalue weighted by molar-refractivity contribution is 6.34. The van der Waals surface area contributed by atoms with Gasteiger partial charge in [-0.1, -0.05) is 54.1 Å². The highest BCUT2D eigenvalue weighted by Crippen LogP contribution is 2.43. The van der Waals surface area contributed by atoms with Crippen LogP contribution in [0.4, 0.5) is 0 Å². The van der Waals surface area contributed by atoms with Crippen molar-refractivity contribution in [2.45, 2.75) is 29.9 Å². The van der Waals surface area contributed by atoms with Crippen LogP contribution in [0.2, 0.25) is 5.02 Å². The number of carboxylic acids is 1. The molecule has 4 N–H and O–H groups in total. The van der Waals surface area contributed by atoms with Crippen molar-refractivity contribution < 1.29 is 24.5 Å². The van der Waals surface area contributed by atoms with Crippen LogP contribution in [0.15, 0.2) is 70.4 Å². The summed E-state index contributed by atoms with van der Waals surface area (Å²) in [4.78, 5) is 55.3. The SMILES string of the molecule is COc1nc(C2(NC(=O)c3cn(C)c(=O)n(C)c3=O)C=CC=C(c3ccccc3Cl)C2Cl)ccc1CNC(C)(CO)C(=O)O. The molecule has 0 spiro atoms. The van der Waals surface area contributed by atoms with Gasteiger partial charge in [-0.15, -0.1) is 11.6 Å². The fourth-order valence-electron chi connectivity index (χ4n) is 4.74. The van der Waals surface area contributed by atoms with Gasteiger partial charge in [-0.25, -0.2) is 9.78 Å². The maximum Gasteiger partial charge on any atom is 0.330 e. The first-order valence-corrected chi connectivity index (χ1v) is 14.1. The number of methoxy groups -OCH3 is 1. The van der Waals surface area contributed by atoms with Gasteiger partial charge in [-0.3, -0.25) is 24.3 Å². The minimum absolute atomic E-state index is 0.0296. The van der Waals surface area contributed by atoms with Gasteiger partial charge in [0.2, 0.25) is 5.88 Å². The molecule has 12 nitrogen and oxygen atoms in total. The zero-order valence-corrected chi connectivity index (χ0v) is 25.8. The Labute approximate surface area is 262 Å². The van der Waals surface area contributed by atoms with Crippen LogP contribution in [0, 0.1) is 0 Å². The number of allylic oxidation sites excluding steroid dienone is 2. The summed E-state index contributed by atoms with van der Waals surface area (Å²) in [6.07, 6.45) is 6.21. The van der Waals surface area contributed by atoms with E-state index in [-0.39, 0.29) is 23.7 Å². The van der Waals surface area contributed by atoms with E-state index >= 15 is 0 Å². The predicted octanol–water partition coefficient (Wildman–Crippen LogP) is 1.95. The average molecular weight is 645 g/mol. The molecule has 0 radical (unpaired) electrons. The minimum atomic E-state index is -1.62. The summed E-state index contributed by atoms with van der Waals surface area (Å²) >= 11 is 13.7. The molecule has 0 fully saturated rings. The maximum absolute atomic E-state index is 13.8. The van der Waals surface area contributed by atoms with E-state index in [1.165, 1.54) is 28.1 Å². The zero-order chi connectivity index (χ0) is 32.4. The van der Waals surface area contributed by atoms with Gasteiger partial charge in [-0.05, 0) is 30.2 Å². The first-order chi connectivity index (χ1) is 20.8. The largest absolute Gasteiger partial charge is 0.481 e. The number of nitrogens with one attached hydrogen (secondary N) is 2. The third-order valence-electron chi connectivity index (χ3n) is 7.52. The molecule has 0 aliphatic heterocycles. The van der Waals surface area contributed by atoms with Gasteiger partial charge in [0.05, 0.1) is 24.8 Å². The van der Waals surface area contributed by atoms with E-state index in [0.29, 0.717) is 21.7 Å². The van der Waals surface area contributed by atoms with Crippen molar-refractivity contribution in [3.05, 3.63) is 109 Å². The van der Waals surface area contributed by atoms with Gasteiger partial charge in [0.15, 0.2) is 0 Å². The minimum Gasteiger partial charge on any atom is -0.481 e.